The largest absolute Gasteiger partial charge is 0.352 e. The lowest BCUT2D eigenvalue weighted by Gasteiger charge is -2.08. The number of nitrogens with one attached hydrogen (secondary N) is 1. The van der Waals surface area contributed by atoms with Gasteiger partial charge in [0, 0.05) is 12.5 Å². The molecule has 0 heterocycles. The minimum Gasteiger partial charge on any atom is -0.352 e. The first-order valence-electron chi connectivity index (χ1n) is 5.20. The number of sulfonamides is 1. The Morgan fingerprint density at radius 1 is 1.41 bits per heavy atom. The van der Waals surface area contributed by atoms with Crippen molar-refractivity contribution in [3.8, 4) is 0 Å². The smallest absolute Gasteiger partial charge is 0.238 e. The molecule has 1 rings (SSSR count). The number of hydrogen-bond donors (Lipinski definition) is 2. The minimum atomic E-state index is -3.69. The molecule has 1 aromatic rings. The van der Waals surface area contributed by atoms with E-state index in [0.29, 0.717) is 12.1 Å². The Morgan fingerprint density at radius 2 is 2.06 bits per heavy atom. The molecule has 0 radical (unpaired) electrons. The molecular weight excluding hydrogens is 240 g/mol. The topological polar surface area (TPSA) is 89.3 Å². The summed E-state index contributed by atoms with van der Waals surface area (Å²) in [5.41, 5.74) is 0.700. The number of nitrogens with two attached hydrogens (primary N) is 1. The van der Waals surface area contributed by atoms with E-state index in [1.54, 1.807) is 26.0 Å². The first-order valence-corrected chi connectivity index (χ1v) is 6.75. The zero-order valence-corrected chi connectivity index (χ0v) is 10.6. The van der Waals surface area contributed by atoms with Gasteiger partial charge in [0.2, 0.25) is 15.9 Å². The summed E-state index contributed by atoms with van der Waals surface area (Å²) in [4.78, 5) is 11.4. The minimum absolute atomic E-state index is 0.0498. The van der Waals surface area contributed by atoms with Gasteiger partial charge in [-0.3, -0.25) is 4.79 Å². The Balaban J connectivity index is 2.77. The number of benzene rings is 1. The lowest BCUT2D eigenvalue weighted by molar-refractivity contribution is -0.124. The summed E-state index contributed by atoms with van der Waals surface area (Å²) in [6.07, 6.45) is 0. The predicted octanol–water partition coefficient (Wildman–Crippen LogP) is 0.606. The van der Waals surface area contributed by atoms with E-state index in [1.165, 1.54) is 12.1 Å². The van der Waals surface area contributed by atoms with Crippen LogP contribution in [0.1, 0.15) is 19.4 Å². The van der Waals surface area contributed by atoms with Crippen LogP contribution < -0.4 is 10.5 Å². The van der Waals surface area contributed by atoms with E-state index in [-0.39, 0.29) is 16.7 Å². The van der Waals surface area contributed by atoms with Gasteiger partial charge in [0.15, 0.2) is 0 Å². The highest BCUT2D eigenvalue weighted by molar-refractivity contribution is 7.89. The van der Waals surface area contributed by atoms with Gasteiger partial charge in [0.25, 0.3) is 0 Å². The molecule has 0 aliphatic heterocycles. The number of carbonyl (C=O) groups excluding carboxylic acids is 1. The van der Waals surface area contributed by atoms with E-state index in [4.69, 9.17) is 5.14 Å². The summed E-state index contributed by atoms with van der Waals surface area (Å²) in [6, 6.07) is 6.20. The van der Waals surface area contributed by atoms with Crippen molar-refractivity contribution in [1.29, 1.82) is 0 Å². The van der Waals surface area contributed by atoms with Crippen LogP contribution in [0.4, 0.5) is 0 Å². The summed E-state index contributed by atoms with van der Waals surface area (Å²) >= 11 is 0. The first-order chi connectivity index (χ1) is 7.80. The van der Waals surface area contributed by atoms with Crippen molar-refractivity contribution >= 4 is 15.9 Å². The molecule has 3 N–H and O–H groups in total. The maximum absolute atomic E-state index is 11.3. The molecule has 5 nitrogen and oxygen atoms in total. The maximum Gasteiger partial charge on any atom is 0.238 e. The molecule has 0 aliphatic rings. The monoisotopic (exact) mass is 256 g/mol. The zero-order chi connectivity index (χ0) is 13.1. The molecule has 6 heteroatoms. The summed E-state index contributed by atoms with van der Waals surface area (Å²) < 4.78 is 22.2. The van der Waals surface area contributed by atoms with Crippen LogP contribution in [0.2, 0.25) is 0 Å². The van der Waals surface area contributed by atoms with Crippen LogP contribution in [-0.2, 0) is 21.4 Å². The highest BCUT2D eigenvalue weighted by Gasteiger charge is 2.09. The number of primary sulfonamides is 1. The first kappa shape index (κ1) is 13.7. The Bertz CT molecular complexity index is 509. The predicted molar refractivity (Wildman–Crippen MR) is 64.5 cm³/mol. The van der Waals surface area contributed by atoms with Crippen LogP contribution in [0, 0.1) is 5.92 Å². The molecule has 0 fully saturated rings. The number of hydrogen-bond acceptors (Lipinski definition) is 3. The highest BCUT2D eigenvalue weighted by atomic mass is 32.2. The normalized spacial score (nSPS) is 11.5. The van der Waals surface area contributed by atoms with E-state index >= 15 is 0 Å². The van der Waals surface area contributed by atoms with E-state index in [0.717, 1.165) is 0 Å². The van der Waals surface area contributed by atoms with Crippen molar-refractivity contribution in [2.75, 3.05) is 0 Å². The van der Waals surface area contributed by atoms with E-state index in [9.17, 15) is 13.2 Å². The standard InChI is InChI=1S/C11H16N2O3S/c1-8(2)11(14)13-7-9-4-3-5-10(6-9)17(12,15)16/h3-6,8H,7H2,1-2H3,(H,13,14)(H2,12,15,16). The van der Waals surface area contributed by atoms with E-state index in [1.807, 2.05) is 0 Å². The number of carbonyl (C=O) groups is 1. The molecule has 0 bridgehead atoms. The highest BCUT2D eigenvalue weighted by Crippen LogP contribution is 2.09. The molecule has 0 aromatic heterocycles. The van der Waals surface area contributed by atoms with Crippen LogP contribution in [0.15, 0.2) is 29.2 Å². The second kappa shape index (κ2) is 5.29. The van der Waals surface area contributed by atoms with Gasteiger partial charge in [-0.15, -0.1) is 0 Å². The van der Waals surface area contributed by atoms with E-state index < -0.39 is 10.0 Å². The third-order valence-electron chi connectivity index (χ3n) is 2.22. The molecule has 17 heavy (non-hydrogen) atoms. The van der Waals surface area contributed by atoms with Gasteiger partial charge in [0.1, 0.15) is 0 Å². The summed E-state index contributed by atoms with van der Waals surface area (Å²) in [5, 5.41) is 7.72. The number of amides is 1. The Kier molecular flexibility index (Phi) is 4.25. The van der Waals surface area contributed by atoms with Crippen molar-refractivity contribution in [1.82, 2.24) is 5.32 Å². The van der Waals surface area contributed by atoms with Gasteiger partial charge >= 0.3 is 0 Å². The molecule has 1 amide bonds. The molecule has 0 spiro atoms. The van der Waals surface area contributed by atoms with Crippen molar-refractivity contribution < 1.29 is 13.2 Å². The SMILES string of the molecule is CC(C)C(=O)NCc1cccc(S(N)(=O)=O)c1. The Hall–Kier alpha value is -1.40. The molecule has 0 aliphatic carbocycles. The van der Waals surface area contributed by atoms with Crippen molar-refractivity contribution in [2.24, 2.45) is 11.1 Å². The lowest BCUT2D eigenvalue weighted by atomic mass is 10.2. The van der Waals surface area contributed by atoms with Crippen LogP contribution in [-0.4, -0.2) is 14.3 Å². The molecule has 0 saturated carbocycles. The molecule has 0 saturated heterocycles. The van der Waals surface area contributed by atoms with Crippen LogP contribution >= 0.6 is 0 Å². The fourth-order valence-electron chi connectivity index (χ4n) is 1.23. The lowest BCUT2D eigenvalue weighted by Crippen LogP contribution is -2.27. The molecule has 0 atom stereocenters. The quantitative estimate of drug-likeness (QED) is 0.827. The van der Waals surface area contributed by atoms with Crippen molar-refractivity contribution in [3.63, 3.8) is 0 Å². The van der Waals surface area contributed by atoms with E-state index in [2.05, 4.69) is 5.32 Å². The van der Waals surface area contributed by atoms with Gasteiger partial charge in [-0.1, -0.05) is 26.0 Å². The fraction of sp³-hybridized carbons (Fsp3) is 0.364. The fourth-order valence-corrected chi connectivity index (χ4v) is 1.81. The summed E-state index contributed by atoms with van der Waals surface area (Å²) in [7, 11) is -3.69. The third-order valence-corrected chi connectivity index (χ3v) is 3.13. The second-order valence-corrected chi connectivity index (χ2v) is 5.63. The molecule has 0 unspecified atom stereocenters. The summed E-state index contributed by atoms with van der Waals surface area (Å²) in [5.74, 6) is -0.178. The molecule has 1 aromatic carbocycles. The van der Waals surface area contributed by atoms with Gasteiger partial charge in [-0.2, -0.15) is 0 Å². The zero-order valence-electron chi connectivity index (χ0n) is 9.80. The van der Waals surface area contributed by atoms with Crippen LogP contribution in [0.25, 0.3) is 0 Å². The van der Waals surface area contributed by atoms with Gasteiger partial charge in [-0.05, 0) is 17.7 Å². The average molecular weight is 256 g/mol. The maximum atomic E-state index is 11.3. The van der Waals surface area contributed by atoms with Crippen LogP contribution in [0.3, 0.4) is 0 Å². The van der Waals surface area contributed by atoms with Gasteiger partial charge in [-0.25, -0.2) is 13.6 Å². The third kappa shape index (κ3) is 4.16. The molecule has 94 valence electrons. The van der Waals surface area contributed by atoms with Gasteiger partial charge < -0.3 is 5.32 Å². The van der Waals surface area contributed by atoms with Gasteiger partial charge in [0.05, 0.1) is 4.90 Å². The Morgan fingerprint density at radius 3 is 2.59 bits per heavy atom. The summed E-state index contributed by atoms with van der Waals surface area (Å²) in [6.45, 7) is 3.87. The van der Waals surface area contributed by atoms with Crippen LogP contribution in [0.5, 0.6) is 0 Å². The van der Waals surface area contributed by atoms with Crippen molar-refractivity contribution in [2.45, 2.75) is 25.3 Å². The van der Waals surface area contributed by atoms with Crippen molar-refractivity contribution in [3.05, 3.63) is 29.8 Å². The second-order valence-electron chi connectivity index (χ2n) is 4.06. The Labute approximate surface area is 101 Å². The molecular formula is C11H16N2O3S. The number of rotatable bonds is 4. The average Bonchev–Trinajstić information content (AvgIpc) is 2.25.